The second-order valence-corrected chi connectivity index (χ2v) is 10.5. The number of aryl methyl sites for hydroxylation is 4. The number of rotatable bonds is 3. The van der Waals surface area contributed by atoms with Crippen LogP contribution in [0.15, 0.2) is 96.0 Å². The Morgan fingerprint density at radius 2 is 1.24 bits per heavy atom. The number of anilines is 4. The minimum Gasteiger partial charge on any atom is -0.287 e. The molecule has 2 aliphatic heterocycles. The van der Waals surface area contributed by atoms with Crippen LogP contribution in [0.2, 0.25) is 0 Å². The van der Waals surface area contributed by atoms with Crippen LogP contribution in [0.5, 0.6) is 0 Å². The monoisotopic (exact) mass is 549 g/mol. The van der Waals surface area contributed by atoms with Gasteiger partial charge in [0.15, 0.2) is 17.3 Å². The van der Waals surface area contributed by atoms with E-state index in [1.807, 2.05) is 36.4 Å². The first-order valence-electron chi connectivity index (χ1n) is 13.7. The predicted molar refractivity (Wildman–Crippen MR) is 164 cm³/mol. The van der Waals surface area contributed by atoms with E-state index < -0.39 is 0 Å². The minimum atomic E-state index is -0.210. The second-order valence-electron chi connectivity index (χ2n) is 10.5. The minimum absolute atomic E-state index is 0.210. The van der Waals surface area contributed by atoms with Crippen molar-refractivity contribution in [3.63, 3.8) is 0 Å². The van der Waals surface area contributed by atoms with E-state index in [1.54, 1.807) is 6.20 Å². The summed E-state index contributed by atoms with van der Waals surface area (Å²) in [6.07, 6.45) is 8.51. The number of para-hydroxylation sites is 4. The molecule has 0 unspecified atom stereocenters. The van der Waals surface area contributed by atoms with Gasteiger partial charge in [-0.2, -0.15) is 5.10 Å². The Balaban J connectivity index is 1.59. The Morgan fingerprint density at radius 3 is 1.79 bits per heavy atom. The number of fused-ring (bicyclic) bond motifs is 3. The summed E-state index contributed by atoms with van der Waals surface area (Å²) in [6.45, 7) is 8.44. The molecular weight excluding hydrogens is 522 g/mol. The fourth-order valence-corrected chi connectivity index (χ4v) is 5.75. The number of ketones is 1. The van der Waals surface area contributed by atoms with Gasteiger partial charge in [-0.15, -0.1) is 5.10 Å². The third kappa shape index (κ3) is 3.99. The highest BCUT2D eigenvalue weighted by Gasteiger charge is 2.38. The lowest BCUT2D eigenvalue weighted by atomic mass is 10.1. The molecule has 0 spiro atoms. The van der Waals surface area contributed by atoms with Crippen LogP contribution in [-0.4, -0.2) is 25.9 Å². The molecular formula is C34H27N7O. The molecule has 3 aromatic carbocycles. The molecule has 5 aromatic rings. The Hall–Kier alpha value is -5.50. The second kappa shape index (κ2) is 9.85. The maximum atomic E-state index is 12.5. The van der Waals surface area contributed by atoms with Crippen molar-refractivity contribution in [2.45, 2.75) is 27.7 Å². The lowest BCUT2D eigenvalue weighted by Crippen LogP contribution is -2.34. The van der Waals surface area contributed by atoms with Crippen molar-refractivity contribution >= 4 is 45.9 Å². The van der Waals surface area contributed by atoms with Gasteiger partial charge in [0.25, 0.3) is 0 Å². The molecule has 204 valence electrons. The van der Waals surface area contributed by atoms with Gasteiger partial charge in [-0.05, 0) is 74.2 Å². The Morgan fingerprint density at radius 1 is 0.690 bits per heavy atom. The molecule has 0 bridgehead atoms. The number of aromatic nitrogens is 4. The summed E-state index contributed by atoms with van der Waals surface area (Å²) < 4.78 is 0. The molecule has 42 heavy (non-hydrogen) atoms. The Labute approximate surface area is 242 Å². The summed E-state index contributed by atoms with van der Waals surface area (Å²) in [4.78, 5) is 31.7. The number of carbonyl (C=O) groups is 1. The van der Waals surface area contributed by atoms with E-state index in [2.05, 4.69) is 89.1 Å². The summed E-state index contributed by atoms with van der Waals surface area (Å²) in [7, 11) is 0. The van der Waals surface area contributed by atoms with Gasteiger partial charge in [-0.25, -0.2) is 9.97 Å². The van der Waals surface area contributed by atoms with E-state index in [-0.39, 0.29) is 11.5 Å². The van der Waals surface area contributed by atoms with E-state index in [1.165, 1.54) is 12.3 Å². The molecule has 0 atom stereocenters. The SMILES string of the molecule is Cc1cccc(C)c1N1C(=C/C=c2/cnnc3c2=NC=CC3=O)N(c2c(C)cccc2C)c2nc3ccccc3nc21. The quantitative estimate of drug-likeness (QED) is 0.290. The molecule has 8 nitrogen and oxygen atoms in total. The molecule has 0 fully saturated rings. The van der Waals surface area contributed by atoms with Crippen LogP contribution in [0.1, 0.15) is 32.7 Å². The van der Waals surface area contributed by atoms with Gasteiger partial charge in [0, 0.05) is 17.5 Å². The molecule has 4 heterocycles. The normalized spacial score (nSPS) is 14.3. The van der Waals surface area contributed by atoms with Crippen LogP contribution in [0, 0.1) is 27.7 Å². The molecule has 0 radical (unpaired) electrons. The molecule has 0 N–H and O–H groups in total. The highest BCUT2D eigenvalue weighted by atomic mass is 16.1. The van der Waals surface area contributed by atoms with Crippen LogP contribution in [0.4, 0.5) is 23.0 Å². The van der Waals surface area contributed by atoms with Gasteiger partial charge in [0.05, 0.1) is 28.6 Å². The molecule has 0 aliphatic carbocycles. The van der Waals surface area contributed by atoms with Crippen molar-refractivity contribution in [3.05, 3.63) is 130 Å². The summed E-state index contributed by atoms with van der Waals surface area (Å²) in [5, 5.41) is 9.35. The summed E-state index contributed by atoms with van der Waals surface area (Å²) in [5.74, 6) is 2.12. The van der Waals surface area contributed by atoms with Crippen molar-refractivity contribution in [1.82, 2.24) is 20.2 Å². The number of nitrogens with zero attached hydrogens (tertiary/aromatic N) is 7. The van der Waals surface area contributed by atoms with Crippen molar-refractivity contribution in [3.8, 4) is 0 Å². The van der Waals surface area contributed by atoms with Crippen molar-refractivity contribution in [2.75, 3.05) is 9.80 Å². The van der Waals surface area contributed by atoms with E-state index in [0.29, 0.717) is 10.6 Å². The zero-order valence-corrected chi connectivity index (χ0v) is 23.7. The standard InChI is InChI=1S/C34H27N7O/c1-20-9-7-10-21(2)31(20)40-28(16-15-24-19-36-39-30-27(42)17-18-35-29(24)30)41(32-22(3)11-8-12-23(32)4)34-33(40)37-25-13-5-6-14-26(25)38-34/h5-19H,1-4H3/b24-15-. The van der Waals surface area contributed by atoms with E-state index in [9.17, 15) is 4.79 Å². The van der Waals surface area contributed by atoms with Crippen molar-refractivity contribution in [2.24, 2.45) is 4.99 Å². The fourth-order valence-electron chi connectivity index (χ4n) is 5.75. The van der Waals surface area contributed by atoms with E-state index in [4.69, 9.17) is 9.97 Å². The van der Waals surface area contributed by atoms with Gasteiger partial charge in [-0.3, -0.25) is 19.6 Å². The van der Waals surface area contributed by atoms with Crippen LogP contribution >= 0.6 is 0 Å². The maximum absolute atomic E-state index is 12.5. The van der Waals surface area contributed by atoms with Crippen LogP contribution in [0.25, 0.3) is 17.1 Å². The molecule has 8 heteroatoms. The fraction of sp³-hybridized carbons (Fsp3) is 0.118. The van der Waals surface area contributed by atoms with Crippen molar-refractivity contribution in [1.29, 1.82) is 0 Å². The largest absolute Gasteiger partial charge is 0.287 e. The number of hydrogen-bond donors (Lipinski definition) is 0. The first kappa shape index (κ1) is 25.5. The third-order valence-corrected chi connectivity index (χ3v) is 7.67. The molecule has 0 saturated heterocycles. The highest BCUT2D eigenvalue weighted by Crippen LogP contribution is 2.51. The number of allylic oxidation sites excluding steroid dienone is 2. The first-order chi connectivity index (χ1) is 20.4. The molecule has 2 aromatic heterocycles. The predicted octanol–water partition coefficient (Wildman–Crippen LogP) is 5.59. The molecule has 7 rings (SSSR count). The van der Waals surface area contributed by atoms with Crippen LogP contribution in [-0.2, 0) is 0 Å². The zero-order chi connectivity index (χ0) is 29.0. The summed E-state index contributed by atoms with van der Waals surface area (Å²) >= 11 is 0. The number of benzene rings is 3. The van der Waals surface area contributed by atoms with Gasteiger partial charge in [-0.1, -0.05) is 48.5 Å². The van der Waals surface area contributed by atoms with Crippen LogP contribution < -0.4 is 20.4 Å². The topological polar surface area (TPSA) is 87.5 Å². The Bertz CT molecular complexity index is 1990. The smallest absolute Gasteiger partial charge is 0.209 e. The average molecular weight is 550 g/mol. The maximum Gasteiger partial charge on any atom is 0.209 e. The van der Waals surface area contributed by atoms with Crippen molar-refractivity contribution < 1.29 is 4.79 Å². The number of hydrogen-bond acceptors (Lipinski definition) is 8. The average Bonchev–Trinajstić information content (AvgIpc) is 3.27. The van der Waals surface area contributed by atoms with Gasteiger partial charge >= 0.3 is 0 Å². The third-order valence-electron chi connectivity index (χ3n) is 7.67. The van der Waals surface area contributed by atoms with E-state index >= 15 is 0 Å². The summed E-state index contributed by atoms with van der Waals surface area (Å²) in [6, 6.07) is 20.5. The molecule has 0 saturated carbocycles. The zero-order valence-electron chi connectivity index (χ0n) is 23.7. The van der Waals surface area contributed by atoms with Gasteiger partial charge in [0.1, 0.15) is 11.2 Å². The van der Waals surface area contributed by atoms with Gasteiger partial charge in [0.2, 0.25) is 5.78 Å². The van der Waals surface area contributed by atoms with Crippen LogP contribution in [0.3, 0.4) is 0 Å². The first-order valence-corrected chi connectivity index (χ1v) is 13.7. The van der Waals surface area contributed by atoms with E-state index in [0.717, 1.165) is 62.1 Å². The summed E-state index contributed by atoms with van der Waals surface area (Å²) in [5.41, 5.74) is 8.39. The molecule has 0 amide bonds. The number of carbonyl (C=O) groups excluding carboxylic acids is 1. The lowest BCUT2D eigenvalue weighted by molar-refractivity contribution is 0.103. The Kier molecular flexibility index (Phi) is 5.97. The van der Waals surface area contributed by atoms with Gasteiger partial charge < -0.3 is 0 Å². The lowest BCUT2D eigenvalue weighted by Gasteiger charge is -2.28. The molecule has 2 aliphatic rings. The highest BCUT2D eigenvalue weighted by molar-refractivity contribution is 6.03.